The highest BCUT2D eigenvalue weighted by Crippen LogP contribution is 2.38. The predicted octanol–water partition coefficient (Wildman–Crippen LogP) is 2.24. The predicted molar refractivity (Wildman–Crippen MR) is 97.5 cm³/mol. The van der Waals surface area contributed by atoms with Gasteiger partial charge in [0.05, 0.1) is 17.8 Å². The topological polar surface area (TPSA) is 78.2 Å². The molecule has 2 aliphatic heterocycles. The van der Waals surface area contributed by atoms with Crippen molar-refractivity contribution in [3.8, 4) is 6.07 Å². The van der Waals surface area contributed by atoms with Crippen LogP contribution in [0.5, 0.6) is 0 Å². The smallest absolute Gasteiger partial charge is 0.223 e. The molecule has 3 heterocycles. The van der Waals surface area contributed by atoms with Gasteiger partial charge in [0.15, 0.2) is 0 Å². The molecule has 0 radical (unpaired) electrons. The fourth-order valence-electron chi connectivity index (χ4n) is 4.59. The van der Waals surface area contributed by atoms with Crippen LogP contribution in [0.25, 0.3) is 0 Å². The molecule has 6 heteroatoms. The van der Waals surface area contributed by atoms with Crippen LogP contribution in [-0.4, -0.2) is 42.7 Å². The van der Waals surface area contributed by atoms with Crippen LogP contribution in [0.15, 0.2) is 18.3 Å². The number of hydrogen-bond acceptors (Lipinski definition) is 5. The van der Waals surface area contributed by atoms with Crippen molar-refractivity contribution >= 4 is 11.7 Å². The summed E-state index contributed by atoms with van der Waals surface area (Å²) in [6.07, 6.45) is 8.81. The van der Waals surface area contributed by atoms with Gasteiger partial charge in [0.25, 0.3) is 0 Å². The van der Waals surface area contributed by atoms with Gasteiger partial charge >= 0.3 is 0 Å². The number of nitriles is 1. The molecule has 1 aromatic rings. The molecule has 4 rings (SSSR count). The fourth-order valence-corrected chi connectivity index (χ4v) is 4.59. The molecule has 1 N–H and O–H groups in total. The Hall–Kier alpha value is -2.13. The van der Waals surface area contributed by atoms with Gasteiger partial charge < -0.3 is 15.0 Å². The van der Waals surface area contributed by atoms with Gasteiger partial charge in [-0.05, 0) is 50.2 Å². The average Bonchev–Trinajstić information content (AvgIpc) is 3.28. The number of ether oxygens (including phenoxy) is 1. The lowest BCUT2D eigenvalue weighted by Gasteiger charge is -2.32. The van der Waals surface area contributed by atoms with Crippen molar-refractivity contribution in [2.24, 2.45) is 11.8 Å². The summed E-state index contributed by atoms with van der Waals surface area (Å²) in [5, 5.41) is 12.0. The number of carbonyl (C=O) groups excluding carboxylic acids is 1. The van der Waals surface area contributed by atoms with Crippen LogP contribution in [-0.2, 0) is 9.53 Å². The van der Waals surface area contributed by atoms with E-state index in [4.69, 9.17) is 10.00 Å². The van der Waals surface area contributed by atoms with E-state index in [-0.39, 0.29) is 17.9 Å². The number of aromatic nitrogens is 1. The molecular formula is C20H26N4O2. The zero-order valence-electron chi connectivity index (χ0n) is 15.1. The highest BCUT2D eigenvalue weighted by molar-refractivity contribution is 5.79. The van der Waals surface area contributed by atoms with E-state index in [0.29, 0.717) is 18.2 Å². The van der Waals surface area contributed by atoms with E-state index in [9.17, 15) is 4.79 Å². The van der Waals surface area contributed by atoms with Crippen molar-refractivity contribution in [2.75, 3.05) is 24.5 Å². The molecule has 1 aromatic heterocycles. The molecule has 0 spiro atoms. The number of anilines is 1. The van der Waals surface area contributed by atoms with E-state index in [2.05, 4.69) is 21.3 Å². The lowest BCUT2D eigenvalue weighted by atomic mass is 9.95. The van der Waals surface area contributed by atoms with Gasteiger partial charge in [-0.1, -0.05) is 6.42 Å². The van der Waals surface area contributed by atoms with E-state index in [1.54, 1.807) is 12.3 Å². The summed E-state index contributed by atoms with van der Waals surface area (Å²) in [4.78, 5) is 19.0. The van der Waals surface area contributed by atoms with Crippen molar-refractivity contribution in [1.82, 2.24) is 10.3 Å². The number of rotatable bonds is 4. The maximum absolute atomic E-state index is 12.5. The van der Waals surface area contributed by atoms with E-state index >= 15 is 0 Å². The van der Waals surface area contributed by atoms with Crippen LogP contribution >= 0.6 is 0 Å². The van der Waals surface area contributed by atoms with E-state index in [1.165, 1.54) is 19.3 Å². The summed E-state index contributed by atoms with van der Waals surface area (Å²) in [7, 11) is 0. The third-order valence-electron chi connectivity index (χ3n) is 6.09. The summed E-state index contributed by atoms with van der Waals surface area (Å²) in [6.45, 7) is 2.30. The molecule has 3 atom stereocenters. The lowest BCUT2D eigenvalue weighted by molar-refractivity contribution is -0.126. The zero-order chi connectivity index (χ0) is 17.9. The highest BCUT2D eigenvalue weighted by atomic mass is 16.5. The lowest BCUT2D eigenvalue weighted by Crippen LogP contribution is -2.42. The Labute approximate surface area is 154 Å². The summed E-state index contributed by atoms with van der Waals surface area (Å²) in [5.41, 5.74) is 0.571. The van der Waals surface area contributed by atoms with Crippen molar-refractivity contribution in [1.29, 1.82) is 5.26 Å². The van der Waals surface area contributed by atoms with Gasteiger partial charge in [0, 0.05) is 31.7 Å². The normalized spacial score (nSPS) is 28.6. The van der Waals surface area contributed by atoms with Gasteiger partial charge in [0.1, 0.15) is 11.9 Å². The second kappa shape index (κ2) is 7.63. The number of nitrogens with zero attached hydrogens (tertiary/aromatic N) is 3. The maximum atomic E-state index is 12.5. The number of hydrogen-bond donors (Lipinski definition) is 1. The monoisotopic (exact) mass is 354 g/mol. The molecule has 138 valence electrons. The van der Waals surface area contributed by atoms with Gasteiger partial charge in [-0.3, -0.25) is 4.79 Å². The van der Waals surface area contributed by atoms with Crippen LogP contribution in [0, 0.1) is 23.2 Å². The molecule has 3 aliphatic rings. The SMILES string of the molecule is N#Cc1ccc(N2CCC(C(=O)NCC3CC4CCCC4O3)CC2)nc1. The maximum Gasteiger partial charge on any atom is 0.223 e. The van der Waals surface area contributed by atoms with Crippen LogP contribution in [0.4, 0.5) is 5.82 Å². The summed E-state index contributed by atoms with van der Waals surface area (Å²) >= 11 is 0. The van der Waals surface area contributed by atoms with E-state index in [1.807, 2.05) is 6.07 Å². The Morgan fingerprint density at radius 2 is 2.15 bits per heavy atom. The van der Waals surface area contributed by atoms with Crippen LogP contribution in [0.1, 0.15) is 44.1 Å². The second-order valence-electron chi connectivity index (χ2n) is 7.75. The van der Waals surface area contributed by atoms with Gasteiger partial charge in [-0.15, -0.1) is 0 Å². The number of amides is 1. The van der Waals surface area contributed by atoms with Gasteiger partial charge in [-0.2, -0.15) is 5.26 Å². The third kappa shape index (κ3) is 3.68. The van der Waals surface area contributed by atoms with Crippen LogP contribution in [0.3, 0.4) is 0 Å². The van der Waals surface area contributed by atoms with E-state index < -0.39 is 0 Å². The Balaban J connectivity index is 1.21. The Morgan fingerprint density at radius 1 is 1.31 bits per heavy atom. The highest BCUT2D eigenvalue weighted by Gasteiger charge is 2.38. The number of nitrogens with one attached hydrogen (secondary N) is 1. The first-order valence-electron chi connectivity index (χ1n) is 9.77. The van der Waals surface area contributed by atoms with Crippen LogP contribution in [0.2, 0.25) is 0 Å². The molecule has 0 aromatic carbocycles. The molecule has 0 bridgehead atoms. The van der Waals surface area contributed by atoms with Crippen molar-refractivity contribution < 1.29 is 9.53 Å². The molecule has 3 unspecified atom stereocenters. The first kappa shape index (κ1) is 17.3. The summed E-state index contributed by atoms with van der Waals surface area (Å²) < 4.78 is 6.06. The van der Waals surface area contributed by atoms with Crippen molar-refractivity contribution in [2.45, 2.75) is 50.7 Å². The quantitative estimate of drug-likeness (QED) is 0.897. The minimum atomic E-state index is 0.0746. The molecular weight excluding hydrogens is 328 g/mol. The van der Waals surface area contributed by atoms with Crippen LogP contribution < -0.4 is 10.2 Å². The molecule has 1 aliphatic carbocycles. The summed E-state index contributed by atoms with van der Waals surface area (Å²) in [5.74, 6) is 1.84. The minimum absolute atomic E-state index is 0.0746. The Bertz CT molecular complexity index is 664. The summed E-state index contributed by atoms with van der Waals surface area (Å²) in [6, 6.07) is 5.76. The van der Waals surface area contributed by atoms with Crippen molar-refractivity contribution in [3.05, 3.63) is 23.9 Å². The van der Waals surface area contributed by atoms with Crippen molar-refractivity contribution in [3.63, 3.8) is 0 Å². The molecule has 3 fully saturated rings. The molecule has 1 amide bonds. The number of piperidine rings is 1. The van der Waals surface area contributed by atoms with Gasteiger partial charge in [0.2, 0.25) is 5.91 Å². The average molecular weight is 354 g/mol. The fraction of sp³-hybridized carbons (Fsp3) is 0.650. The van der Waals surface area contributed by atoms with E-state index in [0.717, 1.165) is 44.1 Å². The number of fused-ring (bicyclic) bond motifs is 1. The standard InChI is InChI=1S/C20H26N4O2/c21-11-14-4-5-19(22-12-14)24-8-6-15(7-9-24)20(25)23-13-17-10-16-2-1-3-18(16)26-17/h4-5,12,15-18H,1-3,6-10,13H2,(H,23,25). The first-order chi connectivity index (χ1) is 12.7. The Kier molecular flexibility index (Phi) is 5.07. The minimum Gasteiger partial charge on any atom is -0.373 e. The molecule has 2 saturated heterocycles. The third-order valence-corrected chi connectivity index (χ3v) is 6.09. The molecule has 26 heavy (non-hydrogen) atoms. The molecule has 1 saturated carbocycles. The second-order valence-corrected chi connectivity index (χ2v) is 7.75. The molecule has 6 nitrogen and oxygen atoms in total. The Morgan fingerprint density at radius 3 is 2.85 bits per heavy atom. The first-order valence-corrected chi connectivity index (χ1v) is 9.77. The number of pyridine rings is 1. The largest absolute Gasteiger partial charge is 0.373 e. The van der Waals surface area contributed by atoms with Gasteiger partial charge in [-0.25, -0.2) is 4.98 Å². The zero-order valence-corrected chi connectivity index (χ0v) is 15.1. The number of carbonyl (C=O) groups is 1.